The summed E-state index contributed by atoms with van der Waals surface area (Å²) in [4.78, 5) is 46.4. The molecule has 0 aliphatic rings. The summed E-state index contributed by atoms with van der Waals surface area (Å²) < 4.78 is 16.4. The molecule has 4 N–H and O–H groups in total. The molecule has 0 aromatic carbocycles. The minimum atomic E-state index is -0.920. The summed E-state index contributed by atoms with van der Waals surface area (Å²) in [6.45, 7) is 4.79. The van der Waals surface area contributed by atoms with E-state index in [1.54, 1.807) is 9.80 Å². The van der Waals surface area contributed by atoms with Crippen LogP contribution in [0.2, 0.25) is 0 Å². The fourth-order valence-corrected chi connectivity index (χ4v) is 3.01. The third kappa shape index (κ3) is 24.6. The van der Waals surface area contributed by atoms with Gasteiger partial charge in [-0.25, -0.2) is 0 Å². The summed E-state index contributed by atoms with van der Waals surface area (Å²) in [6.07, 6.45) is 1.15. The molecule has 0 radical (unpaired) electrons. The lowest BCUT2D eigenvalue weighted by Gasteiger charge is -2.20. The van der Waals surface area contributed by atoms with Crippen molar-refractivity contribution >= 4 is 23.9 Å². The van der Waals surface area contributed by atoms with Gasteiger partial charge in [0, 0.05) is 52.5 Å². The molecular weight excluding hydrogens is 468 g/mol. The van der Waals surface area contributed by atoms with Crippen LogP contribution in [-0.2, 0) is 33.4 Å². The molecular formula is C22H40N2O11. The highest BCUT2D eigenvalue weighted by Gasteiger charge is 2.10. The van der Waals surface area contributed by atoms with Crippen LogP contribution in [0.25, 0.3) is 0 Å². The van der Waals surface area contributed by atoms with Gasteiger partial charge in [0.2, 0.25) is 0 Å². The van der Waals surface area contributed by atoms with Gasteiger partial charge in [-0.1, -0.05) is 0 Å². The van der Waals surface area contributed by atoms with Gasteiger partial charge >= 0.3 is 23.9 Å². The van der Waals surface area contributed by atoms with Crippen molar-refractivity contribution in [2.45, 2.75) is 38.5 Å². The third-order valence-corrected chi connectivity index (χ3v) is 4.84. The zero-order valence-corrected chi connectivity index (χ0v) is 20.3. The van der Waals surface area contributed by atoms with Crippen LogP contribution in [0, 0.1) is 0 Å². The van der Waals surface area contributed by atoms with Crippen molar-refractivity contribution in [1.82, 2.24) is 9.80 Å². The normalized spacial score (nSPS) is 11.3. The number of hydrogen-bond acceptors (Lipinski definition) is 9. The van der Waals surface area contributed by atoms with Crippen molar-refractivity contribution in [3.05, 3.63) is 0 Å². The van der Waals surface area contributed by atoms with Crippen LogP contribution in [-0.4, -0.2) is 133 Å². The molecule has 0 rings (SSSR count). The molecule has 204 valence electrons. The second-order valence-electron chi connectivity index (χ2n) is 7.80. The van der Waals surface area contributed by atoms with E-state index in [1.165, 1.54) is 0 Å². The van der Waals surface area contributed by atoms with Crippen LogP contribution < -0.4 is 0 Å². The smallest absolute Gasteiger partial charge is 0.304 e. The molecule has 13 heteroatoms. The first kappa shape index (κ1) is 32.7. The van der Waals surface area contributed by atoms with Crippen molar-refractivity contribution in [2.75, 3.05) is 78.9 Å². The highest BCUT2D eigenvalue weighted by molar-refractivity contribution is 5.68. The van der Waals surface area contributed by atoms with E-state index in [9.17, 15) is 19.2 Å². The monoisotopic (exact) mass is 508 g/mol. The number of carbonyl (C=O) groups is 4. The SMILES string of the molecule is O=C(O)CCN(CCCOCCOCCOCCCN(CCC(=O)O)CCC(=O)O)CCC(=O)O. The van der Waals surface area contributed by atoms with Gasteiger partial charge in [0.25, 0.3) is 0 Å². The van der Waals surface area contributed by atoms with Crippen molar-refractivity contribution in [2.24, 2.45) is 0 Å². The number of hydrogen-bond donors (Lipinski definition) is 4. The Bertz CT molecular complexity index is 518. The van der Waals surface area contributed by atoms with E-state index in [-0.39, 0.29) is 25.7 Å². The van der Waals surface area contributed by atoms with Gasteiger partial charge in [-0.05, 0) is 12.8 Å². The second-order valence-corrected chi connectivity index (χ2v) is 7.80. The zero-order valence-electron chi connectivity index (χ0n) is 20.3. The molecule has 0 amide bonds. The highest BCUT2D eigenvalue weighted by atomic mass is 16.5. The molecule has 0 aliphatic carbocycles. The Labute approximate surface area is 205 Å². The van der Waals surface area contributed by atoms with Gasteiger partial charge in [0.05, 0.1) is 52.1 Å². The summed E-state index contributed by atoms with van der Waals surface area (Å²) >= 11 is 0. The topological polar surface area (TPSA) is 183 Å². The predicted octanol–water partition coefficient (Wildman–Crippen LogP) is 0.319. The van der Waals surface area contributed by atoms with Crippen molar-refractivity contribution in [1.29, 1.82) is 0 Å². The summed E-state index contributed by atoms with van der Waals surface area (Å²) in [5.74, 6) is -3.68. The molecule has 0 saturated carbocycles. The number of rotatable bonds is 26. The van der Waals surface area contributed by atoms with Gasteiger partial charge in [0.15, 0.2) is 0 Å². The fourth-order valence-electron chi connectivity index (χ4n) is 3.01. The molecule has 0 aromatic rings. The predicted molar refractivity (Wildman–Crippen MR) is 124 cm³/mol. The van der Waals surface area contributed by atoms with Crippen LogP contribution in [0.15, 0.2) is 0 Å². The minimum absolute atomic E-state index is 0.0376. The molecule has 0 spiro atoms. The Kier molecular flexibility index (Phi) is 20.7. The molecule has 0 saturated heterocycles. The van der Waals surface area contributed by atoms with Crippen LogP contribution in [0.3, 0.4) is 0 Å². The van der Waals surface area contributed by atoms with E-state index in [0.717, 1.165) is 0 Å². The van der Waals surface area contributed by atoms with E-state index >= 15 is 0 Å². The Morgan fingerprint density at radius 1 is 0.429 bits per heavy atom. The molecule has 0 unspecified atom stereocenters. The van der Waals surface area contributed by atoms with E-state index < -0.39 is 23.9 Å². The van der Waals surface area contributed by atoms with Crippen molar-refractivity contribution < 1.29 is 53.8 Å². The van der Waals surface area contributed by atoms with Gasteiger partial charge in [-0.3, -0.25) is 19.2 Å². The Balaban J connectivity index is 3.70. The van der Waals surface area contributed by atoms with Crippen molar-refractivity contribution in [3.63, 3.8) is 0 Å². The van der Waals surface area contributed by atoms with E-state index in [4.69, 9.17) is 34.6 Å². The van der Waals surface area contributed by atoms with Crippen LogP contribution in [0.1, 0.15) is 38.5 Å². The van der Waals surface area contributed by atoms with Gasteiger partial charge < -0.3 is 44.4 Å². The van der Waals surface area contributed by atoms with Gasteiger partial charge in [0.1, 0.15) is 0 Å². The average molecular weight is 509 g/mol. The maximum Gasteiger partial charge on any atom is 0.304 e. The number of carboxylic acid groups (broad SMARTS) is 4. The van der Waals surface area contributed by atoms with E-state index in [2.05, 4.69) is 0 Å². The number of nitrogens with zero attached hydrogens (tertiary/aromatic N) is 2. The van der Waals surface area contributed by atoms with Crippen LogP contribution >= 0.6 is 0 Å². The maximum absolute atomic E-state index is 10.7. The molecule has 13 nitrogen and oxygen atoms in total. The molecule has 35 heavy (non-hydrogen) atoms. The van der Waals surface area contributed by atoms with Crippen molar-refractivity contribution in [3.8, 4) is 0 Å². The van der Waals surface area contributed by atoms with Gasteiger partial charge in [-0.15, -0.1) is 0 Å². The molecule has 0 bridgehead atoms. The first-order chi connectivity index (χ1) is 16.7. The number of aliphatic carboxylic acids is 4. The summed E-state index contributed by atoms with van der Waals surface area (Å²) in [5, 5.41) is 35.1. The largest absolute Gasteiger partial charge is 0.481 e. The Morgan fingerprint density at radius 2 is 0.686 bits per heavy atom. The second kappa shape index (κ2) is 22.2. The highest BCUT2D eigenvalue weighted by Crippen LogP contribution is 1.99. The average Bonchev–Trinajstić information content (AvgIpc) is 2.78. The fraction of sp³-hybridized carbons (Fsp3) is 0.818. The quantitative estimate of drug-likeness (QED) is 0.117. The molecule has 0 aliphatic heterocycles. The minimum Gasteiger partial charge on any atom is -0.481 e. The summed E-state index contributed by atoms with van der Waals surface area (Å²) in [5.41, 5.74) is 0. The zero-order chi connectivity index (χ0) is 26.3. The lowest BCUT2D eigenvalue weighted by atomic mass is 10.3. The number of carboxylic acids is 4. The molecule has 0 fully saturated rings. The van der Waals surface area contributed by atoms with Gasteiger partial charge in [-0.2, -0.15) is 0 Å². The molecule has 0 aromatic heterocycles. The first-order valence-corrected chi connectivity index (χ1v) is 11.8. The van der Waals surface area contributed by atoms with E-state index in [0.29, 0.717) is 91.8 Å². The van der Waals surface area contributed by atoms with Crippen LogP contribution in [0.5, 0.6) is 0 Å². The maximum atomic E-state index is 10.7. The van der Waals surface area contributed by atoms with Crippen LogP contribution in [0.4, 0.5) is 0 Å². The third-order valence-electron chi connectivity index (χ3n) is 4.84. The molecule has 0 heterocycles. The lowest BCUT2D eigenvalue weighted by Crippen LogP contribution is -2.30. The summed E-state index contributed by atoms with van der Waals surface area (Å²) in [7, 11) is 0. The van der Waals surface area contributed by atoms with E-state index in [1.807, 2.05) is 0 Å². The standard InChI is InChI=1S/C22H40N2O11/c25-19(26)3-9-23(10-4-20(27)28)7-1-13-33-15-17-35-18-16-34-14-2-8-24(11-5-21(29)30)12-6-22(31)32/h1-18H2,(H,25,26)(H,27,28)(H,29,30)(H,31,32). The number of ether oxygens (including phenoxy) is 3. The lowest BCUT2D eigenvalue weighted by molar-refractivity contribution is -0.139. The summed E-state index contributed by atoms with van der Waals surface area (Å²) in [6, 6.07) is 0. The Morgan fingerprint density at radius 3 is 0.943 bits per heavy atom. The Hall–Kier alpha value is -2.32. The first-order valence-electron chi connectivity index (χ1n) is 11.8. The molecule has 0 atom stereocenters.